The summed E-state index contributed by atoms with van der Waals surface area (Å²) in [6.45, 7) is 1.93. The molecule has 1 saturated carbocycles. The predicted molar refractivity (Wildman–Crippen MR) is 107 cm³/mol. The van der Waals surface area contributed by atoms with Crippen molar-refractivity contribution in [3.05, 3.63) is 27.7 Å². The average molecular weight is 403 g/mol. The number of carbonyl (C=O) groups excluding carboxylic acids is 1. The minimum Gasteiger partial charge on any atom is -0.492 e. The molecule has 28 heavy (non-hydrogen) atoms. The third-order valence-corrected chi connectivity index (χ3v) is 7.08. The van der Waals surface area contributed by atoms with Crippen molar-refractivity contribution in [3.8, 4) is 5.75 Å². The van der Waals surface area contributed by atoms with Gasteiger partial charge in [0.25, 0.3) is 0 Å². The zero-order valence-electron chi connectivity index (χ0n) is 15.7. The summed E-state index contributed by atoms with van der Waals surface area (Å²) >= 11 is 1.40. The van der Waals surface area contributed by atoms with Crippen LogP contribution in [0.25, 0.3) is 10.9 Å². The van der Waals surface area contributed by atoms with Gasteiger partial charge in [0, 0.05) is 19.1 Å². The van der Waals surface area contributed by atoms with Crippen molar-refractivity contribution in [2.75, 3.05) is 37.4 Å². The quantitative estimate of drug-likeness (QED) is 0.846. The van der Waals surface area contributed by atoms with Crippen LogP contribution in [0.4, 0.5) is 10.1 Å². The first-order chi connectivity index (χ1) is 13.5. The maximum absolute atomic E-state index is 15.2. The normalized spacial score (nSPS) is 21.6. The number of hydrogen-bond donors (Lipinski definition) is 1. The number of fused-ring (bicyclic) bond motifs is 2. The highest BCUT2D eigenvalue weighted by molar-refractivity contribution is 8.00. The second-order valence-electron chi connectivity index (χ2n) is 7.80. The van der Waals surface area contributed by atoms with E-state index in [0.29, 0.717) is 47.5 Å². The van der Waals surface area contributed by atoms with Crippen molar-refractivity contribution in [3.63, 3.8) is 0 Å². The molecule has 0 bridgehead atoms. The largest absolute Gasteiger partial charge is 0.492 e. The van der Waals surface area contributed by atoms with E-state index in [1.807, 2.05) is 4.90 Å². The molecule has 3 aliphatic rings. The maximum atomic E-state index is 15.2. The molecule has 0 amide bonds. The third-order valence-electron chi connectivity index (χ3n) is 6.00. The molecule has 5 rings (SSSR count). The highest BCUT2D eigenvalue weighted by Crippen LogP contribution is 2.48. The number of benzene rings is 1. The van der Waals surface area contributed by atoms with Gasteiger partial charge in [0.05, 0.1) is 34.4 Å². The fourth-order valence-electron chi connectivity index (χ4n) is 4.46. The predicted octanol–water partition coefficient (Wildman–Crippen LogP) is 2.56. The highest BCUT2D eigenvalue weighted by atomic mass is 32.2. The highest BCUT2D eigenvalue weighted by Gasteiger charge is 2.37. The SMILES string of the molecule is COc1c(N2CC[C@@H](CN)C2)c(F)cc2c(=O)c3c(n(C4CC4)c12)SCC3=O. The number of hydrogen-bond acceptors (Lipinski definition) is 6. The summed E-state index contributed by atoms with van der Waals surface area (Å²) in [4.78, 5) is 27.4. The molecule has 1 aromatic carbocycles. The van der Waals surface area contributed by atoms with Crippen LogP contribution < -0.4 is 20.8 Å². The van der Waals surface area contributed by atoms with Gasteiger partial charge >= 0.3 is 0 Å². The molecule has 1 aliphatic carbocycles. The molecule has 1 atom stereocenters. The van der Waals surface area contributed by atoms with Crippen molar-refractivity contribution >= 4 is 34.1 Å². The van der Waals surface area contributed by atoms with Crippen LogP contribution in [0.5, 0.6) is 5.75 Å². The number of rotatable bonds is 4. The van der Waals surface area contributed by atoms with Gasteiger partial charge in [0.2, 0.25) is 5.43 Å². The van der Waals surface area contributed by atoms with Gasteiger partial charge in [-0.05, 0) is 37.8 Å². The molecule has 2 N–H and O–H groups in total. The number of ether oxygens (including phenoxy) is 1. The average Bonchev–Trinajstić information content (AvgIpc) is 3.28. The van der Waals surface area contributed by atoms with Gasteiger partial charge in [-0.25, -0.2) is 4.39 Å². The van der Waals surface area contributed by atoms with E-state index in [2.05, 4.69) is 4.57 Å². The molecule has 1 aromatic heterocycles. The van der Waals surface area contributed by atoms with Gasteiger partial charge in [0.15, 0.2) is 17.3 Å². The number of halogens is 1. The Morgan fingerprint density at radius 2 is 2.11 bits per heavy atom. The third kappa shape index (κ3) is 2.50. The second-order valence-corrected chi connectivity index (χ2v) is 8.76. The van der Waals surface area contributed by atoms with E-state index in [1.54, 1.807) is 0 Å². The zero-order valence-corrected chi connectivity index (χ0v) is 16.5. The van der Waals surface area contributed by atoms with Crippen LogP contribution in [-0.2, 0) is 0 Å². The van der Waals surface area contributed by atoms with E-state index < -0.39 is 5.82 Å². The second kappa shape index (κ2) is 6.49. The lowest BCUT2D eigenvalue weighted by atomic mass is 10.1. The molecule has 0 unspecified atom stereocenters. The number of Topliss-reactive ketones (excluding diaryl/α,β-unsaturated/α-hetero) is 1. The Morgan fingerprint density at radius 1 is 1.32 bits per heavy atom. The topological polar surface area (TPSA) is 77.6 Å². The lowest BCUT2D eigenvalue weighted by Gasteiger charge is -2.25. The van der Waals surface area contributed by atoms with E-state index in [9.17, 15) is 9.59 Å². The summed E-state index contributed by atoms with van der Waals surface area (Å²) in [5.41, 5.74) is 6.64. The molecule has 3 heterocycles. The molecular formula is C20H22FN3O3S. The standard InChI is InChI=1S/C20H22FN3O3S/c1-27-19-16-12(6-13(21)17(19)23-5-4-10(7-22)8-23)18(26)15-14(25)9-28-20(15)24(16)11-2-3-11/h6,10-11H,2-5,7-9,22H2,1H3/t10-/m0/s1. The summed E-state index contributed by atoms with van der Waals surface area (Å²) in [6.07, 6.45) is 2.86. The summed E-state index contributed by atoms with van der Waals surface area (Å²) in [6, 6.07) is 1.51. The molecule has 2 aromatic rings. The van der Waals surface area contributed by atoms with Crippen LogP contribution in [0.2, 0.25) is 0 Å². The van der Waals surface area contributed by atoms with E-state index in [1.165, 1.54) is 24.9 Å². The van der Waals surface area contributed by atoms with Crippen molar-refractivity contribution < 1.29 is 13.9 Å². The Labute approximate surface area is 165 Å². The Morgan fingerprint density at radius 3 is 2.75 bits per heavy atom. The minimum atomic E-state index is -0.487. The number of anilines is 1. The lowest BCUT2D eigenvalue weighted by molar-refractivity contribution is 0.102. The molecule has 148 valence electrons. The lowest BCUT2D eigenvalue weighted by Crippen LogP contribution is -2.25. The van der Waals surface area contributed by atoms with Crippen LogP contribution in [0.1, 0.15) is 35.7 Å². The molecule has 0 radical (unpaired) electrons. The Kier molecular flexibility index (Phi) is 4.17. The van der Waals surface area contributed by atoms with E-state index in [4.69, 9.17) is 10.5 Å². The Balaban J connectivity index is 1.83. The number of nitrogens with zero attached hydrogens (tertiary/aromatic N) is 2. The number of carbonyl (C=O) groups is 1. The minimum absolute atomic E-state index is 0.171. The smallest absolute Gasteiger partial charge is 0.201 e. The summed E-state index contributed by atoms with van der Waals surface area (Å²) in [7, 11) is 1.52. The van der Waals surface area contributed by atoms with Crippen LogP contribution in [0.3, 0.4) is 0 Å². The molecule has 0 spiro atoms. The zero-order chi connectivity index (χ0) is 19.6. The number of thioether (sulfide) groups is 1. The van der Waals surface area contributed by atoms with Crippen LogP contribution in [-0.4, -0.2) is 42.8 Å². The van der Waals surface area contributed by atoms with Crippen LogP contribution >= 0.6 is 11.8 Å². The van der Waals surface area contributed by atoms with Crippen LogP contribution in [0, 0.1) is 11.7 Å². The maximum Gasteiger partial charge on any atom is 0.201 e. The van der Waals surface area contributed by atoms with Gasteiger partial charge in [-0.2, -0.15) is 0 Å². The molecule has 6 nitrogen and oxygen atoms in total. The van der Waals surface area contributed by atoms with E-state index in [0.717, 1.165) is 19.3 Å². The molecule has 1 saturated heterocycles. The Bertz CT molecular complexity index is 1060. The van der Waals surface area contributed by atoms with Gasteiger partial charge in [-0.1, -0.05) is 11.8 Å². The fourth-order valence-corrected chi connectivity index (χ4v) is 5.61. The summed E-state index contributed by atoms with van der Waals surface area (Å²) in [5.74, 6) is 0.308. The summed E-state index contributed by atoms with van der Waals surface area (Å²) in [5, 5.41) is 0.941. The number of nitrogens with two attached hydrogens (primary N) is 1. The van der Waals surface area contributed by atoms with E-state index >= 15 is 4.39 Å². The number of methoxy groups -OCH3 is 1. The van der Waals surface area contributed by atoms with Gasteiger partial charge in [0.1, 0.15) is 5.69 Å². The first kappa shape index (κ1) is 18.0. The first-order valence-corrected chi connectivity index (χ1v) is 10.6. The van der Waals surface area contributed by atoms with Crippen LogP contribution in [0.15, 0.2) is 15.9 Å². The van der Waals surface area contributed by atoms with Crippen molar-refractivity contribution in [2.24, 2.45) is 11.7 Å². The molecule has 2 aliphatic heterocycles. The molecule has 2 fully saturated rings. The number of pyridine rings is 1. The van der Waals surface area contributed by atoms with E-state index in [-0.39, 0.29) is 34.0 Å². The monoisotopic (exact) mass is 403 g/mol. The van der Waals surface area contributed by atoms with Crippen molar-refractivity contribution in [1.29, 1.82) is 0 Å². The molecule has 8 heteroatoms. The van der Waals surface area contributed by atoms with Gasteiger partial charge in [-0.3, -0.25) is 9.59 Å². The Hall–Kier alpha value is -2.06. The fraction of sp³-hybridized carbons (Fsp3) is 0.500. The molecular weight excluding hydrogens is 381 g/mol. The van der Waals surface area contributed by atoms with Crippen molar-refractivity contribution in [1.82, 2.24) is 4.57 Å². The van der Waals surface area contributed by atoms with Crippen molar-refractivity contribution in [2.45, 2.75) is 30.3 Å². The first-order valence-electron chi connectivity index (χ1n) is 9.64. The van der Waals surface area contributed by atoms with Gasteiger partial charge in [-0.15, -0.1) is 0 Å². The number of ketones is 1. The number of aromatic nitrogens is 1. The summed E-state index contributed by atoms with van der Waals surface area (Å²) < 4.78 is 23.0. The van der Waals surface area contributed by atoms with Gasteiger partial charge < -0.3 is 19.9 Å².